The average molecular weight is 1060 g/mol. The minimum atomic E-state index is -1.34. The van der Waals surface area contributed by atoms with Crippen LogP contribution in [-0.4, -0.2) is 122 Å². The lowest BCUT2D eigenvalue weighted by Crippen LogP contribution is -2.60. The zero-order valence-corrected chi connectivity index (χ0v) is 50.5. The van der Waals surface area contributed by atoms with E-state index in [4.69, 9.17) is 18.9 Å². The number of esters is 4. The third-order valence-electron chi connectivity index (χ3n) is 16.3. The van der Waals surface area contributed by atoms with Crippen LogP contribution in [0, 0.1) is 28.6 Å². The Morgan fingerprint density at radius 3 is 1.03 bits per heavy atom. The Labute approximate surface area is 453 Å². The van der Waals surface area contributed by atoms with Gasteiger partial charge in [0.15, 0.2) is 0 Å². The van der Waals surface area contributed by atoms with E-state index in [1.165, 1.54) is 25.0 Å². The van der Waals surface area contributed by atoms with Crippen LogP contribution < -0.4 is 21.3 Å². The van der Waals surface area contributed by atoms with E-state index in [9.17, 15) is 29.1 Å². The Morgan fingerprint density at radius 2 is 0.760 bits per heavy atom. The van der Waals surface area contributed by atoms with Crippen molar-refractivity contribution in [1.82, 2.24) is 26.2 Å². The van der Waals surface area contributed by atoms with Crippen LogP contribution in [0.15, 0.2) is 11.8 Å². The molecule has 0 radical (unpaired) electrons. The van der Waals surface area contributed by atoms with E-state index in [0.29, 0.717) is 51.4 Å². The number of ether oxygens (including phenoxy) is 4. The first-order valence-electron chi connectivity index (χ1n) is 28.5. The molecule has 1 aliphatic carbocycles. The second kappa shape index (κ2) is 22.5. The van der Waals surface area contributed by atoms with Crippen LogP contribution in [0.2, 0.25) is 0 Å². The fourth-order valence-corrected chi connectivity index (χ4v) is 15.5. The Morgan fingerprint density at radius 1 is 0.480 bits per heavy atom. The molecule has 0 spiro atoms. The molecule has 3 unspecified atom stereocenters. The number of nitrogens with one attached hydrogen (secondary N) is 4. The molecule has 15 nitrogen and oxygen atoms in total. The number of nitrogens with zero attached hydrogens (tertiary/aromatic N) is 1. The van der Waals surface area contributed by atoms with Crippen molar-refractivity contribution >= 4 is 29.8 Å². The number of carbonyl (C=O) groups excluding carboxylic acids is 4. The van der Waals surface area contributed by atoms with Gasteiger partial charge in [0.1, 0.15) is 24.4 Å². The lowest BCUT2D eigenvalue weighted by atomic mass is 9.59. The summed E-state index contributed by atoms with van der Waals surface area (Å²) in [5.41, 5.74) is -1.57. The summed E-state index contributed by atoms with van der Waals surface area (Å²) in [4.78, 5) is 71.4. The summed E-state index contributed by atoms with van der Waals surface area (Å²) in [5.74, 6) is -6.31. The van der Waals surface area contributed by atoms with Crippen LogP contribution in [0.1, 0.15) is 228 Å². The number of hydrogen-bond donors (Lipinski definition) is 5. The molecule has 0 saturated carbocycles. The predicted octanol–water partition coefficient (Wildman–Crippen LogP) is 9.92. The SMILES string of the molecule is CC1(C)C=C(N2CCCCC2)CC(C)(C)C1C(=O)O.CC1(C)CC(OC(=O)CC(C(=O)OC2CC(C)(C)NC(C)(C)C2)C(CC(=O)OC2CC(C)(C)NC(C)(C)C2)C(=O)OC2CC(C)(C)NC(C)(C)C2)CC(C)(C)N1. The number of carboxylic acids is 1. The maximum Gasteiger partial charge on any atom is 0.310 e. The van der Waals surface area contributed by atoms with Crippen molar-refractivity contribution < 1.29 is 48.0 Å². The third kappa shape index (κ3) is 18.4. The molecular formula is C60H105N5O10. The van der Waals surface area contributed by atoms with Crippen LogP contribution >= 0.6 is 0 Å². The standard InChI is InChI=1S/C44H78N4O8.C16H27NO2/c1-37(2)19-27(20-38(3,4)45-37)53-33(49)17-31(35(51)55-29-23-41(9,10)47-42(11,12)24-29)32(36(52)56-30-25-43(13,14)48-44(15,16)26-30)18-34(50)54-28-21-39(5,6)46-40(7,8)22-28;1-15(2)10-12(17-8-6-5-7-9-17)11-16(3,4)13(15)14(18)19/h27-32,45-48H,17-26H2,1-16H3;10,13H,5-9,11H2,1-4H3,(H,18,19). The molecule has 0 bridgehead atoms. The van der Waals surface area contributed by atoms with Crippen molar-refractivity contribution in [1.29, 1.82) is 0 Å². The molecule has 5 aliphatic heterocycles. The van der Waals surface area contributed by atoms with Gasteiger partial charge in [0.2, 0.25) is 0 Å². The number of allylic oxidation sites excluding steroid dienone is 2. The maximum atomic E-state index is 14.6. The van der Waals surface area contributed by atoms with Gasteiger partial charge in [-0.3, -0.25) is 24.0 Å². The van der Waals surface area contributed by atoms with Gasteiger partial charge in [-0.1, -0.05) is 33.8 Å². The summed E-state index contributed by atoms with van der Waals surface area (Å²) >= 11 is 0. The fourth-order valence-electron chi connectivity index (χ4n) is 15.5. The number of carboxylic acid groups (broad SMARTS) is 1. The minimum absolute atomic E-state index is 0.184. The van der Waals surface area contributed by atoms with E-state index in [1.807, 2.05) is 0 Å². The highest BCUT2D eigenvalue weighted by atomic mass is 16.6. The van der Waals surface area contributed by atoms with Crippen LogP contribution in [0.5, 0.6) is 0 Å². The van der Waals surface area contributed by atoms with Gasteiger partial charge >= 0.3 is 29.8 Å². The van der Waals surface area contributed by atoms with Crippen molar-refractivity contribution in [3.8, 4) is 0 Å². The molecule has 5 saturated heterocycles. The molecule has 5 heterocycles. The summed E-state index contributed by atoms with van der Waals surface area (Å²) < 4.78 is 24.8. The molecule has 430 valence electrons. The number of likely N-dealkylation sites (tertiary alicyclic amines) is 1. The first-order chi connectivity index (χ1) is 33.9. The van der Waals surface area contributed by atoms with E-state index in [1.54, 1.807) is 0 Å². The van der Waals surface area contributed by atoms with Crippen molar-refractivity contribution in [3.05, 3.63) is 11.8 Å². The molecule has 0 aromatic carbocycles. The fraction of sp³-hybridized carbons (Fsp3) is 0.883. The van der Waals surface area contributed by atoms with Gasteiger partial charge in [0.25, 0.3) is 0 Å². The van der Waals surface area contributed by atoms with Gasteiger partial charge in [-0.2, -0.15) is 0 Å². The van der Waals surface area contributed by atoms with E-state index in [0.717, 1.165) is 19.5 Å². The molecule has 0 aromatic heterocycles. The number of rotatable bonds is 13. The quantitative estimate of drug-likeness (QED) is 0.0864. The smallest absolute Gasteiger partial charge is 0.310 e. The molecule has 75 heavy (non-hydrogen) atoms. The van der Waals surface area contributed by atoms with Crippen molar-refractivity contribution in [2.24, 2.45) is 28.6 Å². The number of hydrogen-bond acceptors (Lipinski definition) is 14. The zero-order valence-electron chi connectivity index (χ0n) is 50.5. The van der Waals surface area contributed by atoms with Gasteiger partial charge in [0, 0.05) is 114 Å². The van der Waals surface area contributed by atoms with Crippen molar-refractivity contribution in [2.75, 3.05) is 13.1 Å². The van der Waals surface area contributed by atoms with Crippen LogP contribution in [-0.2, 0) is 42.9 Å². The third-order valence-corrected chi connectivity index (χ3v) is 16.3. The molecule has 0 aromatic rings. The summed E-state index contributed by atoms with van der Waals surface area (Å²) in [6.07, 6.45) is 8.79. The van der Waals surface area contributed by atoms with Crippen molar-refractivity contribution in [2.45, 2.75) is 297 Å². The summed E-state index contributed by atoms with van der Waals surface area (Å²) in [6.45, 7) is 43.7. The second-order valence-corrected chi connectivity index (χ2v) is 30.6. The monoisotopic (exact) mass is 1060 g/mol. The second-order valence-electron chi connectivity index (χ2n) is 30.6. The first kappa shape index (κ1) is 62.6. The van der Waals surface area contributed by atoms with Gasteiger partial charge < -0.3 is 50.2 Å². The molecule has 3 atom stereocenters. The van der Waals surface area contributed by atoms with Gasteiger partial charge in [-0.15, -0.1) is 0 Å². The summed E-state index contributed by atoms with van der Waals surface area (Å²) in [6, 6.07) is 0. The predicted molar refractivity (Wildman–Crippen MR) is 295 cm³/mol. The summed E-state index contributed by atoms with van der Waals surface area (Å²) in [5, 5.41) is 24.0. The van der Waals surface area contributed by atoms with Gasteiger partial charge in [0.05, 0.1) is 30.6 Å². The lowest BCUT2D eigenvalue weighted by molar-refractivity contribution is -0.178. The molecule has 5 N–H and O–H groups in total. The average Bonchev–Trinajstić information content (AvgIpc) is 3.13. The molecular weight excluding hydrogens is 951 g/mol. The minimum Gasteiger partial charge on any atom is -0.481 e. The van der Waals surface area contributed by atoms with Crippen LogP contribution in [0.4, 0.5) is 0 Å². The van der Waals surface area contributed by atoms with Crippen LogP contribution in [0.25, 0.3) is 0 Å². The number of carbonyl (C=O) groups is 5. The van der Waals surface area contributed by atoms with Gasteiger partial charge in [-0.05, 0) is 147 Å². The van der Waals surface area contributed by atoms with E-state index < -0.39 is 78.9 Å². The topological polar surface area (TPSA) is 194 Å². The van der Waals surface area contributed by atoms with E-state index in [-0.39, 0.29) is 61.1 Å². The first-order valence-corrected chi connectivity index (χ1v) is 28.5. The van der Waals surface area contributed by atoms with E-state index in [2.05, 4.69) is 171 Å². The molecule has 6 aliphatic rings. The maximum absolute atomic E-state index is 14.6. The highest BCUT2D eigenvalue weighted by molar-refractivity contribution is 5.89. The normalized spacial score (nSPS) is 28.4. The van der Waals surface area contributed by atoms with E-state index >= 15 is 0 Å². The molecule has 15 heteroatoms. The van der Waals surface area contributed by atoms with Crippen molar-refractivity contribution in [3.63, 3.8) is 0 Å². The highest BCUT2D eigenvalue weighted by Crippen LogP contribution is 2.51. The Hall–Kier alpha value is -3.27. The zero-order chi connectivity index (χ0) is 56.8. The number of aliphatic carboxylic acids is 1. The van der Waals surface area contributed by atoms with Gasteiger partial charge in [-0.25, -0.2) is 0 Å². The largest absolute Gasteiger partial charge is 0.481 e. The Bertz CT molecular complexity index is 1920. The van der Waals surface area contributed by atoms with Crippen LogP contribution in [0.3, 0.4) is 0 Å². The number of piperidine rings is 5. The molecule has 5 fully saturated rings. The summed E-state index contributed by atoms with van der Waals surface area (Å²) in [7, 11) is 0. The Kier molecular flexibility index (Phi) is 18.7. The highest BCUT2D eigenvalue weighted by Gasteiger charge is 2.51. The lowest BCUT2D eigenvalue weighted by Gasteiger charge is -2.48. The molecule has 6 rings (SSSR count). The Balaban J connectivity index is 0.000000456. The molecule has 0 amide bonds.